The molecule has 0 saturated heterocycles. The molecule has 1 aromatic carbocycles. The van der Waals surface area contributed by atoms with Gasteiger partial charge in [-0.3, -0.25) is 0 Å². The Morgan fingerprint density at radius 3 is 2.43 bits per heavy atom. The molecular weight excluding hydrogens is 435 g/mol. The van der Waals surface area contributed by atoms with Gasteiger partial charge in [-0.25, -0.2) is 4.79 Å². The number of hydrogen-bond acceptors (Lipinski definition) is 3. The Kier molecular flexibility index (Phi) is 9.60. The van der Waals surface area contributed by atoms with Crippen molar-refractivity contribution in [3.05, 3.63) is 67.8 Å². The van der Waals surface area contributed by atoms with Crippen molar-refractivity contribution in [3.8, 4) is 0 Å². The Labute approximate surface area is 185 Å². The molecule has 0 radical (unpaired) electrons. The van der Waals surface area contributed by atoms with E-state index < -0.39 is 0 Å². The second kappa shape index (κ2) is 11.7. The lowest BCUT2D eigenvalue weighted by molar-refractivity contribution is 0.0606. The van der Waals surface area contributed by atoms with Gasteiger partial charge < -0.3 is 4.74 Å². The zero-order chi connectivity index (χ0) is 20.5. The molecule has 2 nitrogen and oxygen atoms in total. The van der Waals surface area contributed by atoms with Gasteiger partial charge in [0.2, 0.25) is 0 Å². The van der Waals surface area contributed by atoms with Crippen LogP contribution in [-0.2, 0) is 4.74 Å². The van der Waals surface area contributed by atoms with Gasteiger partial charge >= 0.3 is 5.97 Å². The number of ether oxygens (including phenoxy) is 1. The summed E-state index contributed by atoms with van der Waals surface area (Å²) in [5, 5.41) is 1.69. The average molecular weight is 458 g/mol. The molecule has 150 valence electrons. The van der Waals surface area contributed by atoms with E-state index in [2.05, 4.69) is 16.9 Å². The summed E-state index contributed by atoms with van der Waals surface area (Å²) in [6, 6.07) is 9.24. The average Bonchev–Trinajstić information content (AvgIpc) is 3.28. The van der Waals surface area contributed by atoms with E-state index in [1.807, 2.05) is 37.3 Å². The summed E-state index contributed by atoms with van der Waals surface area (Å²) in [4.78, 5) is 12.7. The number of alkyl halides is 1. The number of hydrogen-bond donors (Lipinski definition) is 0. The number of carbonyl (C=O) groups is 1. The monoisotopic (exact) mass is 456 g/mol. The van der Waals surface area contributed by atoms with E-state index in [0.29, 0.717) is 26.2 Å². The Balaban J connectivity index is 0.000000209. The zero-order valence-electron chi connectivity index (χ0n) is 15.8. The van der Waals surface area contributed by atoms with E-state index in [1.165, 1.54) is 24.9 Å². The highest BCUT2D eigenvalue weighted by atomic mass is 35.5. The molecule has 1 heterocycles. The molecule has 1 aromatic heterocycles. The lowest BCUT2D eigenvalue weighted by atomic mass is 10.1. The number of allylic oxidation sites excluding steroid dienone is 2. The lowest BCUT2D eigenvalue weighted by Gasteiger charge is -2.02. The van der Waals surface area contributed by atoms with Crippen LogP contribution in [0.5, 0.6) is 0 Å². The van der Waals surface area contributed by atoms with Crippen LogP contribution in [0.3, 0.4) is 0 Å². The summed E-state index contributed by atoms with van der Waals surface area (Å²) in [7, 11) is 1.39. The minimum atomic E-state index is -0.268. The van der Waals surface area contributed by atoms with Crippen LogP contribution in [0.25, 0.3) is 12.2 Å². The van der Waals surface area contributed by atoms with E-state index in [-0.39, 0.29) is 5.97 Å². The summed E-state index contributed by atoms with van der Waals surface area (Å²) in [5.74, 6) is 0.330. The van der Waals surface area contributed by atoms with E-state index in [1.54, 1.807) is 12.1 Å². The first-order chi connectivity index (χ1) is 13.4. The number of halogens is 3. The SMILES string of the molecule is C/C=C/c1ccc(C(=O)OC)s1.Clc1cc(Cl)cc(/C=C/C2CCC(Cl)C2)c1. The fourth-order valence-electron chi connectivity index (χ4n) is 2.87. The molecule has 0 spiro atoms. The lowest BCUT2D eigenvalue weighted by Crippen LogP contribution is -1.96. The molecule has 1 saturated carbocycles. The van der Waals surface area contributed by atoms with E-state index in [4.69, 9.17) is 34.8 Å². The maximum atomic E-state index is 11.0. The number of esters is 1. The molecule has 1 aliphatic rings. The van der Waals surface area contributed by atoms with Gasteiger partial charge in [-0.15, -0.1) is 22.9 Å². The second-order valence-corrected chi connectivity index (χ2v) is 9.03. The Morgan fingerprint density at radius 1 is 1.14 bits per heavy atom. The highest BCUT2D eigenvalue weighted by molar-refractivity contribution is 7.14. The molecule has 1 aliphatic carbocycles. The van der Waals surface area contributed by atoms with Crippen LogP contribution in [0.2, 0.25) is 10.0 Å². The summed E-state index contributed by atoms with van der Waals surface area (Å²) in [6.45, 7) is 1.94. The van der Waals surface area contributed by atoms with Crippen LogP contribution in [0.15, 0.2) is 42.5 Å². The second-order valence-electron chi connectivity index (χ2n) is 6.43. The third-order valence-electron chi connectivity index (χ3n) is 4.20. The maximum Gasteiger partial charge on any atom is 0.348 e. The summed E-state index contributed by atoms with van der Waals surface area (Å²) >= 11 is 19.4. The Bertz CT molecular complexity index is 822. The van der Waals surface area contributed by atoms with E-state index >= 15 is 0 Å². The van der Waals surface area contributed by atoms with Crippen molar-refractivity contribution in [2.45, 2.75) is 31.6 Å². The third kappa shape index (κ3) is 7.63. The van der Waals surface area contributed by atoms with Gasteiger partial charge in [0.25, 0.3) is 0 Å². The summed E-state index contributed by atoms with van der Waals surface area (Å²) in [5.41, 5.74) is 1.05. The van der Waals surface area contributed by atoms with Crippen molar-refractivity contribution in [1.29, 1.82) is 0 Å². The fraction of sp³-hybridized carbons (Fsp3) is 0.318. The zero-order valence-corrected chi connectivity index (χ0v) is 18.9. The molecule has 1 fully saturated rings. The number of methoxy groups -OCH3 is 1. The van der Waals surface area contributed by atoms with Gasteiger partial charge in [0.15, 0.2) is 0 Å². The molecule has 0 aliphatic heterocycles. The van der Waals surface area contributed by atoms with Gasteiger partial charge in [-0.2, -0.15) is 0 Å². The molecule has 0 bridgehead atoms. The van der Waals surface area contributed by atoms with Crippen molar-refractivity contribution in [3.63, 3.8) is 0 Å². The minimum Gasteiger partial charge on any atom is -0.465 e. The Morgan fingerprint density at radius 2 is 1.86 bits per heavy atom. The predicted octanol–water partition coefficient (Wildman–Crippen LogP) is 7.98. The van der Waals surface area contributed by atoms with Gasteiger partial charge in [0.1, 0.15) is 4.88 Å². The first-order valence-electron chi connectivity index (χ1n) is 9.00. The van der Waals surface area contributed by atoms with Crippen LogP contribution in [-0.4, -0.2) is 18.5 Å². The van der Waals surface area contributed by atoms with Crippen molar-refractivity contribution >= 4 is 64.3 Å². The molecular formula is C22H23Cl3O2S. The maximum absolute atomic E-state index is 11.0. The standard InChI is InChI=1S/C13H13Cl3.C9H10O2S/c14-11-4-3-9(5-11)1-2-10-6-12(15)8-13(16)7-10;1-3-4-7-5-6-8(12-7)9(10)11-2/h1-2,6-9,11H,3-5H2;3-6H,1-2H3/b2-1+;4-3+. The minimum absolute atomic E-state index is 0.268. The third-order valence-corrected chi connectivity index (χ3v) is 6.06. The van der Waals surface area contributed by atoms with Gasteiger partial charge in [-0.05, 0) is 74.1 Å². The van der Waals surface area contributed by atoms with Gasteiger partial charge in [0.05, 0.1) is 7.11 Å². The highest BCUT2D eigenvalue weighted by Crippen LogP contribution is 2.31. The normalized spacial score (nSPS) is 19.0. The van der Waals surface area contributed by atoms with Gasteiger partial charge in [-0.1, -0.05) is 41.4 Å². The van der Waals surface area contributed by atoms with Crippen molar-refractivity contribution in [1.82, 2.24) is 0 Å². The van der Waals surface area contributed by atoms with Crippen molar-refractivity contribution in [2.24, 2.45) is 5.92 Å². The van der Waals surface area contributed by atoms with Crippen LogP contribution in [0.1, 0.15) is 46.3 Å². The smallest absolute Gasteiger partial charge is 0.348 e. The Hall–Kier alpha value is -1.26. The molecule has 0 N–H and O–H groups in total. The van der Waals surface area contributed by atoms with Crippen molar-refractivity contribution < 1.29 is 9.53 Å². The predicted molar refractivity (Wildman–Crippen MR) is 123 cm³/mol. The van der Waals surface area contributed by atoms with E-state index in [9.17, 15) is 4.79 Å². The summed E-state index contributed by atoms with van der Waals surface area (Å²) < 4.78 is 4.58. The summed E-state index contributed by atoms with van der Waals surface area (Å²) in [6.07, 6.45) is 11.6. The molecule has 2 atom stereocenters. The molecule has 2 unspecified atom stereocenters. The van der Waals surface area contributed by atoms with Crippen molar-refractivity contribution in [2.75, 3.05) is 7.11 Å². The topological polar surface area (TPSA) is 26.3 Å². The molecule has 6 heteroatoms. The molecule has 28 heavy (non-hydrogen) atoms. The number of benzene rings is 1. The first kappa shape index (κ1) is 23.0. The molecule has 2 aromatic rings. The number of thiophene rings is 1. The van der Waals surface area contributed by atoms with Crippen LogP contribution >= 0.6 is 46.1 Å². The highest BCUT2D eigenvalue weighted by Gasteiger charge is 2.20. The van der Waals surface area contributed by atoms with Crippen LogP contribution in [0.4, 0.5) is 0 Å². The first-order valence-corrected chi connectivity index (χ1v) is 11.0. The van der Waals surface area contributed by atoms with Crippen LogP contribution in [0, 0.1) is 5.92 Å². The largest absolute Gasteiger partial charge is 0.465 e. The molecule has 3 rings (SSSR count). The van der Waals surface area contributed by atoms with E-state index in [0.717, 1.165) is 23.3 Å². The quantitative estimate of drug-likeness (QED) is 0.343. The number of carbonyl (C=O) groups excluding carboxylic acids is 1. The molecule has 0 amide bonds. The fourth-order valence-corrected chi connectivity index (χ4v) is 4.66. The van der Waals surface area contributed by atoms with Gasteiger partial charge in [0, 0.05) is 20.3 Å². The van der Waals surface area contributed by atoms with Crippen LogP contribution < -0.4 is 0 Å². The number of rotatable bonds is 4.